The van der Waals surface area contributed by atoms with Gasteiger partial charge in [-0.15, -0.1) is 6.58 Å². The second kappa shape index (κ2) is 18.8. The van der Waals surface area contributed by atoms with E-state index in [1.165, 1.54) is 69.8 Å². The summed E-state index contributed by atoms with van der Waals surface area (Å²) in [6, 6.07) is 7.91. The third-order valence-electron chi connectivity index (χ3n) is 14.9. The van der Waals surface area contributed by atoms with Crippen LogP contribution < -0.4 is 11.1 Å². The van der Waals surface area contributed by atoms with E-state index in [1.807, 2.05) is 39.0 Å². The van der Waals surface area contributed by atoms with Crippen molar-refractivity contribution < 1.29 is 29.3 Å². The fraction of sp³-hybridized carbons (Fsp3) is 0.773. The Hall–Kier alpha value is -2.29. The van der Waals surface area contributed by atoms with Crippen LogP contribution in [-0.2, 0) is 16.2 Å². The van der Waals surface area contributed by atoms with Crippen LogP contribution >= 0.6 is 0 Å². The zero-order chi connectivity index (χ0) is 38.9. The zero-order valence-corrected chi connectivity index (χ0v) is 33.8. The van der Waals surface area contributed by atoms with Gasteiger partial charge in [0, 0.05) is 12.1 Å². The normalized spacial score (nSPS) is 37.2. The lowest BCUT2D eigenvalue weighted by atomic mass is 9.36. The van der Waals surface area contributed by atoms with Crippen LogP contribution in [0.5, 0.6) is 0 Å². The first kappa shape index (κ1) is 44.1. The Labute approximate surface area is 315 Å². The highest BCUT2D eigenvalue weighted by Crippen LogP contribution is 2.73. The number of halogens is 1. The lowest BCUT2D eigenvalue weighted by molar-refractivity contribution is -0.216. The average Bonchev–Trinajstić information content (AvgIpc) is 3.46. The minimum Gasteiger partial charge on any atom is -0.393 e. The van der Waals surface area contributed by atoms with Crippen LogP contribution in [0.2, 0.25) is 0 Å². The highest BCUT2D eigenvalue weighted by molar-refractivity contribution is 5.94. The average molecular weight is 729 g/mol. The van der Waals surface area contributed by atoms with E-state index in [2.05, 4.69) is 63.3 Å². The Balaban J connectivity index is 0.000000841. The van der Waals surface area contributed by atoms with Gasteiger partial charge in [0.25, 0.3) is 5.91 Å². The van der Waals surface area contributed by atoms with Crippen molar-refractivity contribution >= 4 is 12.3 Å². The van der Waals surface area contributed by atoms with Crippen molar-refractivity contribution in [1.82, 2.24) is 5.32 Å². The van der Waals surface area contributed by atoms with Crippen molar-refractivity contribution in [1.29, 1.82) is 0 Å². The molecule has 6 rings (SSSR count). The van der Waals surface area contributed by atoms with Gasteiger partial charge in [-0.1, -0.05) is 66.7 Å². The number of benzene rings is 1. The highest BCUT2D eigenvalue weighted by Gasteiger charge is 2.66. The molecule has 296 valence electrons. The number of nitrogens with one attached hydrogen (secondary N) is 1. The molecule has 0 aliphatic heterocycles. The molecule has 5 aliphatic carbocycles. The van der Waals surface area contributed by atoms with E-state index in [-0.39, 0.29) is 30.4 Å². The van der Waals surface area contributed by atoms with Gasteiger partial charge >= 0.3 is 0 Å². The van der Waals surface area contributed by atoms with Crippen molar-refractivity contribution in [2.45, 2.75) is 145 Å². The predicted molar refractivity (Wildman–Crippen MR) is 209 cm³/mol. The maximum atomic E-state index is 12.7. The van der Waals surface area contributed by atoms with Gasteiger partial charge in [-0.2, -0.15) is 4.94 Å². The number of amides is 2. The number of carbonyl (C=O) groups excluding carboxylic acids is 2. The van der Waals surface area contributed by atoms with Crippen molar-refractivity contribution in [3.05, 3.63) is 48.0 Å². The summed E-state index contributed by atoms with van der Waals surface area (Å²) < 4.78 is 12.0. The first-order valence-electron chi connectivity index (χ1n) is 20.4. The second-order valence-corrected chi connectivity index (χ2v) is 17.7. The Morgan fingerprint density at radius 2 is 1.67 bits per heavy atom. The highest BCUT2D eigenvalue weighted by atomic mass is 19.3. The van der Waals surface area contributed by atoms with Crippen LogP contribution in [0, 0.1) is 57.2 Å². The minimum atomic E-state index is -1.07. The maximum Gasteiger partial charge on any atom is 0.251 e. The topological polar surface area (TPSA) is 122 Å². The maximum absolute atomic E-state index is 12.7. The standard InChI is InChI=1S/C38H58FNO4.C3H6.C2H6.CH3NO/c1-24-11-18-38(19-12-25-7-6-8-26(21-25)34(43)40-22-27(41)23-44-39)20-13-29-28(33(24)38)9-10-31-36(29,4)16-14-30-35(2,3)32(42)15-17-37(30,31)5;1-3-2;1-2;2-1-3/h6-8,21,24,27-33,41-42H,9-20,22-23H2,1-5H3,(H,40,43);3H,1H2,2H3;1-2H3;1H,(H2,2,3). The largest absolute Gasteiger partial charge is 0.393 e. The number of primary amides is 1. The van der Waals surface area contributed by atoms with E-state index in [9.17, 15) is 19.5 Å². The van der Waals surface area contributed by atoms with Crippen LogP contribution in [0.3, 0.4) is 0 Å². The number of aliphatic hydroxyl groups is 2. The molecule has 0 aromatic heterocycles. The Kier molecular flexibility index (Phi) is 16.0. The Morgan fingerprint density at radius 1 is 1.04 bits per heavy atom. The molecule has 5 saturated carbocycles. The van der Waals surface area contributed by atoms with Crippen molar-refractivity contribution in [3.63, 3.8) is 0 Å². The third kappa shape index (κ3) is 8.81. The van der Waals surface area contributed by atoms with Gasteiger partial charge in [-0.05, 0) is 163 Å². The lowest BCUT2D eigenvalue weighted by Crippen LogP contribution is -2.63. The fourth-order valence-corrected chi connectivity index (χ4v) is 12.9. The van der Waals surface area contributed by atoms with E-state index in [0.29, 0.717) is 27.7 Å². The second-order valence-electron chi connectivity index (χ2n) is 17.7. The molecule has 8 heteroatoms. The summed E-state index contributed by atoms with van der Waals surface area (Å²) in [5, 5.41) is 23.4. The molecular weight excluding hydrogens is 655 g/mol. The number of allylic oxidation sites excluding steroid dienone is 1. The summed E-state index contributed by atoms with van der Waals surface area (Å²) >= 11 is 0. The van der Waals surface area contributed by atoms with Gasteiger partial charge in [-0.25, -0.2) is 0 Å². The number of hydrogen-bond donors (Lipinski definition) is 4. The molecule has 52 heavy (non-hydrogen) atoms. The van der Waals surface area contributed by atoms with Crippen LogP contribution in [0.1, 0.15) is 142 Å². The van der Waals surface area contributed by atoms with Crippen molar-refractivity contribution in [2.24, 2.45) is 62.9 Å². The molecule has 2 amide bonds. The summed E-state index contributed by atoms with van der Waals surface area (Å²) in [4.78, 5) is 24.8. The quantitative estimate of drug-likeness (QED) is 0.157. The van der Waals surface area contributed by atoms with Gasteiger partial charge in [-0.3, -0.25) is 9.59 Å². The number of rotatable bonds is 8. The van der Waals surface area contributed by atoms with E-state index < -0.39 is 12.7 Å². The van der Waals surface area contributed by atoms with Gasteiger partial charge in [0.15, 0.2) is 0 Å². The molecule has 5 aliphatic rings. The molecule has 7 nitrogen and oxygen atoms in total. The first-order chi connectivity index (χ1) is 24.7. The number of aryl methyl sites for hydroxylation is 1. The van der Waals surface area contributed by atoms with Crippen LogP contribution in [0.4, 0.5) is 4.53 Å². The number of hydrogen-bond acceptors (Lipinski definition) is 5. The molecule has 5 N–H and O–H groups in total. The van der Waals surface area contributed by atoms with Gasteiger partial charge in [0.05, 0.1) is 12.2 Å². The fourth-order valence-electron chi connectivity index (χ4n) is 12.9. The Bertz CT molecular complexity index is 1300. The van der Waals surface area contributed by atoms with E-state index >= 15 is 0 Å². The molecule has 11 unspecified atom stereocenters. The summed E-state index contributed by atoms with van der Waals surface area (Å²) in [7, 11) is 0. The minimum absolute atomic E-state index is 0.0103. The first-order valence-corrected chi connectivity index (χ1v) is 20.4. The van der Waals surface area contributed by atoms with Gasteiger partial charge < -0.3 is 21.3 Å². The van der Waals surface area contributed by atoms with Gasteiger partial charge in [0.2, 0.25) is 6.41 Å². The van der Waals surface area contributed by atoms with Crippen molar-refractivity contribution in [3.8, 4) is 0 Å². The SMILES string of the molecule is C=CC.CC.CC1CCC2(CCc3cccc(C(=O)NCC(O)COF)c3)CCC3C(CCC4C3(C)CCC3C(C)(C)C(O)CCC34C)C12.NC=O. The lowest BCUT2D eigenvalue weighted by Gasteiger charge is -2.69. The summed E-state index contributed by atoms with van der Waals surface area (Å²) in [5.41, 5.74) is 7.11. The summed E-state index contributed by atoms with van der Waals surface area (Å²) in [5.74, 6) is 4.34. The number of aliphatic hydroxyl groups excluding tert-OH is 2. The molecule has 0 saturated heterocycles. The Morgan fingerprint density at radius 3 is 2.33 bits per heavy atom. The monoisotopic (exact) mass is 729 g/mol. The van der Waals surface area contributed by atoms with Crippen molar-refractivity contribution in [2.75, 3.05) is 13.2 Å². The van der Waals surface area contributed by atoms with Crippen LogP contribution in [-0.4, -0.2) is 47.9 Å². The molecule has 1 aromatic rings. The van der Waals surface area contributed by atoms with E-state index in [0.717, 1.165) is 42.4 Å². The number of carbonyl (C=O) groups is 2. The molecule has 11 atom stereocenters. The molecule has 0 heterocycles. The predicted octanol–water partition coefficient (Wildman–Crippen LogP) is 9.00. The zero-order valence-electron chi connectivity index (χ0n) is 33.8. The van der Waals surface area contributed by atoms with Crippen LogP contribution in [0.15, 0.2) is 36.9 Å². The summed E-state index contributed by atoms with van der Waals surface area (Å²) in [6.45, 7) is 21.3. The smallest absolute Gasteiger partial charge is 0.251 e. The summed E-state index contributed by atoms with van der Waals surface area (Å²) in [6.07, 6.45) is 15.8. The molecule has 1 aromatic carbocycles. The number of fused-ring (bicyclic) bond motifs is 7. The molecular formula is C44H73FN2O5. The molecule has 5 fully saturated rings. The van der Waals surface area contributed by atoms with Crippen LogP contribution in [0.25, 0.3) is 0 Å². The number of nitrogens with two attached hydrogens (primary N) is 1. The third-order valence-corrected chi connectivity index (χ3v) is 14.9. The van der Waals surface area contributed by atoms with E-state index in [4.69, 9.17) is 4.79 Å². The molecule has 0 bridgehead atoms. The molecule has 0 spiro atoms. The van der Waals surface area contributed by atoms with E-state index in [1.54, 1.807) is 6.08 Å². The van der Waals surface area contributed by atoms with Gasteiger partial charge in [0.1, 0.15) is 6.61 Å². The molecule has 0 radical (unpaired) electrons.